The van der Waals surface area contributed by atoms with E-state index in [9.17, 15) is 9.18 Å². The van der Waals surface area contributed by atoms with E-state index >= 15 is 0 Å². The average Bonchev–Trinajstić information content (AvgIpc) is 2.87. The first-order valence-electron chi connectivity index (χ1n) is 7.38. The highest BCUT2D eigenvalue weighted by Gasteiger charge is 2.29. The van der Waals surface area contributed by atoms with Crippen LogP contribution in [-0.2, 0) is 0 Å². The molecule has 0 radical (unpaired) electrons. The van der Waals surface area contributed by atoms with Crippen molar-refractivity contribution in [2.75, 3.05) is 13.1 Å². The van der Waals surface area contributed by atoms with E-state index < -0.39 is 0 Å². The maximum Gasteiger partial charge on any atom is 0.317 e. The Bertz CT molecular complexity index is 462. The number of benzene rings is 1. The molecule has 0 aromatic heterocycles. The molecule has 1 unspecified atom stereocenters. The van der Waals surface area contributed by atoms with Crippen LogP contribution in [0, 0.1) is 11.7 Å². The third-order valence-corrected chi connectivity index (χ3v) is 3.75. The summed E-state index contributed by atoms with van der Waals surface area (Å²) in [4.78, 5) is 14.0. The van der Waals surface area contributed by atoms with Crippen molar-refractivity contribution in [2.45, 2.75) is 39.2 Å². The minimum absolute atomic E-state index is 0.00440. The van der Waals surface area contributed by atoms with Crippen LogP contribution in [0.5, 0.6) is 0 Å². The fourth-order valence-corrected chi connectivity index (χ4v) is 2.64. The summed E-state index contributed by atoms with van der Waals surface area (Å²) in [6.45, 7) is 5.71. The monoisotopic (exact) mass is 278 g/mol. The van der Waals surface area contributed by atoms with Gasteiger partial charge in [0.05, 0.1) is 6.04 Å². The number of amides is 2. The van der Waals surface area contributed by atoms with Gasteiger partial charge >= 0.3 is 6.03 Å². The predicted molar refractivity (Wildman–Crippen MR) is 77.9 cm³/mol. The van der Waals surface area contributed by atoms with Crippen LogP contribution in [0.3, 0.4) is 0 Å². The van der Waals surface area contributed by atoms with Crippen molar-refractivity contribution in [3.63, 3.8) is 0 Å². The van der Waals surface area contributed by atoms with Crippen molar-refractivity contribution in [1.82, 2.24) is 10.2 Å². The Morgan fingerprint density at radius 3 is 3.00 bits per heavy atom. The van der Waals surface area contributed by atoms with Crippen molar-refractivity contribution in [3.05, 3.63) is 35.6 Å². The maximum atomic E-state index is 13.3. The summed E-state index contributed by atoms with van der Waals surface area (Å²) < 4.78 is 13.3. The predicted octanol–water partition coefficient (Wildman–Crippen LogP) is 3.72. The molecule has 2 rings (SSSR count). The number of nitrogens with one attached hydrogen (secondary N) is 1. The van der Waals surface area contributed by atoms with Gasteiger partial charge in [-0.05, 0) is 42.9 Å². The molecule has 0 saturated carbocycles. The third kappa shape index (κ3) is 3.71. The smallest absolute Gasteiger partial charge is 0.317 e. The van der Waals surface area contributed by atoms with Crippen molar-refractivity contribution in [1.29, 1.82) is 0 Å². The lowest BCUT2D eigenvalue weighted by molar-refractivity contribution is 0.192. The number of carbonyl (C=O) groups excluding carboxylic acids is 1. The lowest BCUT2D eigenvalue weighted by Gasteiger charge is -2.25. The Balaban J connectivity index is 1.98. The Morgan fingerprint density at radius 2 is 2.30 bits per heavy atom. The fourth-order valence-electron chi connectivity index (χ4n) is 2.64. The minimum atomic E-state index is -0.241. The van der Waals surface area contributed by atoms with Gasteiger partial charge in [0, 0.05) is 13.1 Å². The summed E-state index contributed by atoms with van der Waals surface area (Å²) in [6, 6.07) is 6.54. The SMILES string of the molecule is CC(C)CCNC(=O)N1CCCC1c1cccc(F)c1. The zero-order chi connectivity index (χ0) is 14.5. The van der Waals surface area contributed by atoms with E-state index in [1.165, 1.54) is 12.1 Å². The van der Waals surface area contributed by atoms with Gasteiger partial charge in [-0.15, -0.1) is 0 Å². The molecule has 0 aliphatic carbocycles. The normalized spacial score (nSPS) is 18.6. The summed E-state index contributed by atoms with van der Waals surface area (Å²) in [7, 11) is 0. The second-order valence-electron chi connectivity index (χ2n) is 5.82. The lowest BCUT2D eigenvalue weighted by atomic mass is 10.0. The first-order chi connectivity index (χ1) is 9.58. The zero-order valence-corrected chi connectivity index (χ0v) is 12.2. The molecule has 20 heavy (non-hydrogen) atoms. The minimum Gasteiger partial charge on any atom is -0.338 e. The van der Waals surface area contributed by atoms with Crippen LogP contribution in [0.4, 0.5) is 9.18 Å². The van der Waals surface area contributed by atoms with Crippen LogP contribution in [0.15, 0.2) is 24.3 Å². The van der Waals surface area contributed by atoms with E-state index in [1.807, 2.05) is 11.0 Å². The molecule has 4 heteroatoms. The van der Waals surface area contributed by atoms with Crippen LogP contribution in [0.1, 0.15) is 44.7 Å². The molecule has 1 aliphatic rings. The highest BCUT2D eigenvalue weighted by molar-refractivity contribution is 5.75. The van der Waals surface area contributed by atoms with Crippen LogP contribution >= 0.6 is 0 Å². The summed E-state index contributed by atoms with van der Waals surface area (Å²) >= 11 is 0. The summed E-state index contributed by atoms with van der Waals surface area (Å²) in [5, 5.41) is 2.96. The largest absolute Gasteiger partial charge is 0.338 e. The molecule has 1 N–H and O–H groups in total. The molecular formula is C16H23FN2O. The molecule has 1 aromatic rings. The van der Waals surface area contributed by atoms with Crippen molar-refractivity contribution >= 4 is 6.03 Å². The van der Waals surface area contributed by atoms with E-state index in [1.54, 1.807) is 6.07 Å². The van der Waals surface area contributed by atoms with Crippen LogP contribution < -0.4 is 5.32 Å². The summed E-state index contributed by atoms with van der Waals surface area (Å²) in [6.07, 6.45) is 2.85. The molecule has 2 amide bonds. The first-order valence-corrected chi connectivity index (χ1v) is 7.38. The highest BCUT2D eigenvalue weighted by Crippen LogP contribution is 2.32. The van der Waals surface area contributed by atoms with Crippen LogP contribution in [-0.4, -0.2) is 24.0 Å². The number of urea groups is 1. The Hall–Kier alpha value is -1.58. The fraction of sp³-hybridized carbons (Fsp3) is 0.562. The molecule has 0 spiro atoms. The number of halogens is 1. The summed E-state index contributed by atoms with van der Waals surface area (Å²) in [5.41, 5.74) is 0.890. The second-order valence-corrected chi connectivity index (χ2v) is 5.82. The highest BCUT2D eigenvalue weighted by atomic mass is 19.1. The molecule has 3 nitrogen and oxygen atoms in total. The molecule has 110 valence electrons. The van der Waals surface area contributed by atoms with E-state index in [4.69, 9.17) is 0 Å². The molecule has 1 aliphatic heterocycles. The van der Waals surface area contributed by atoms with Gasteiger partial charge in [0.15, 0.2) is 0 Å². The van der Waals surface area contributed by atoms with Gasteiger partial charge in [-0.3, -0.25) is 0 Å². The van der Waals surface area contributed by atoms with E-state index in [-0.39, 0.29) is 17.9 Å². The third-order valence-electron chi connectivity index (χ3n) is 3.75. The molecule has 1 heterocycles. The average molecular weight is 278 g/mol. The van der Waals surface area contributed by atoms with E-state index in [0.717, 1.165) is 31.4 Å². The van der Waals surface area contributed by atoms with E-state index in [2.05, 4.69) is 19.2 Å². The molecule has 1 atom stereocenters. The van der Waals surface area contributed by atoms with Gasteiger partial charge < -0.3 is 10.2 Å². The Kier molecular flexibility index (Phi) is 4.99. The zero-order valence-electron chi connectivity index (χ0n) is 12.2. The number of carbonyl (C=O) groups is 1. The molecule has 0 bridgehead atoms. The first kappa shape index (κ1) is 14.8. The van der Waals surface area contributed by atoms with Gasteiger partial charge in [-0.2, -0.15) is 0 Å². The maximum absolute atomic E-state index is 13.3. The number of likely N-dealkylation sites (tertiary alicyclic amines) is 1. The van der Waals surface area contributed by atoms with Crippen LogP contribution in [0.2, 0.25) is 0 Å². The Morgan fingerprint density at radius 1 is 1.50 bits per heavy atom. The number of rotatable bonds is 4. The van der Waals surface area contributed by atoms with Gasteiger partial charge in [0.2, 0.25) is 0 Å². The number of nitrogens with zero attached hydrogens (tertiary/aromatic N) is 1. The van der Waals surface area contributed by atoms with Gasteiger partial charge in [0.25, 0.3) is 0 Å². The lowest BCUT2D eigenvalue weighted by Crippen LogP contribution is -2.40. The topological polar surface area (TPSA) is 32.3 Å². The quantitative estimate of drug-likeness (QED) is 0.894. The van der Waals surface area contributed by atoms with Crippen molar-refractivity contribution in [3.8, 4) is 0 Å². The van der Waals surface area contributed by atoms with Crippen molar-refractivity contribution in [2.24, 2.45) is 5.92 Å². The molecule has 1 aromatic carbocycles. The van der Waals surface area contributed by atoms with E-state index in [0.29, 0.717) is 12.5 Å². The van der Waals surface area contributed by atoms with Crippen LogP contribution in [0.25, 0.3) is 0 Å². The number of hydrogen-bond acceptors (Lipinski definition) is 1. The van der Waals surface area contributed by atoms with Gasteiger partial charge in [-0.25, -0.2) is 9.18 Å². The second kappa shape index (κ2) is 6.73. The Labute approximate surface area is 120 Å². The number of hydrogen-bond donors (Lipinski definition) is 1. The van der Waals surface area contributed by atoms with Gasteiger partial charge in [0.1, 0.15) is 5.82 Å². The molecule has 1 saturated heterocycles. The molecular weight excluding hydrogens is 255 g/mol. The van der Waals surface area contributed by atoms with Crippen molar-refractivity contribution < 1.29 is 9.18 Å². The van der Waals surface area contributed by atoms with Gasteiger partial charge in [-0.1, -0.05) is 26.0 Å². The summed E-state index contributed by atoms with van der Waals surface area (Å²) in [5.74, 6) is 0.336. The molecule has 1 fully saturated rings. The standard InChI is InChI=1S/C16H23FN2O/c1-12(2)8-9-18-16(20)19-10-4-7-15(19)13-5-3-6-14(17)11-13/h3,5-6,11-12,15H,4,7-10H2,1-2H3,(H,18,20).